The van der Waals surface area contributed by atoms with E-state index in [9.17, 15) is 26.7 Å². The fourth-order valence-corrected chi connectivity index (χ4v) is 4.77. The lowest BCUT2D eigenvalue weighted by Gasteiger charge is -2.40. The molecule has 0 saturated carbocycles. The zero-order chi connectivity index (χ0) is 15.9. The van der Waals surface area contributed by atoms with Gasteiger partial charge in [0.15, 0.2) is 5.60 Å². The molecule has 21 heavy (non-hydrogen) atoms. The molecule has 2 saturated heterocycles. The first-order chi connectivity index (χ1) is 9.53. The number of likely N-dealkylation sites (tertiary alicyclic amines) is 1. The number of nitrogens with zero attached hydrogens (tertiary/aromatic N) is 2. The summed E-state index contributed by atoms with van der Waals surface area (Å²) >= 11 is 0. The minimum absolute atomic E-state index is 0.115. The standard InChI is InChI=1S/C12H21F3N2O3S/c1-11(18,12(13,14)15)9-16-5-2-4-10(8-16)17-6-3-7-21(17,19)20/h10,18H,2-9H2,1H3/t10-,11+/m1/s1. The van der Waals surface area contributed by atoms with E-state index < -0.39 is 28.3 Å². The summed E-state index contributed by atoms with van der Waals surface area (Å²) in [5, 5.41) is 9.56. The van der Waals surface area contributed by atoms with Crippen LogP contribution in [0.2, 0.25) is 0 Å². The van der Waals surface area contributed by atoms with E-state index in [1.165, 1.54) is 9.21 Å². The van der Waals surface area contributed by atoms with Gasteiger partial charge in [-0.25, -0.2) is 8.42 Å². The Morgan fingerprint density at radius 3 is 2.43 bits per heavy atom. The molecule has 0 unspecified atom stereocenters. The Bertz CT molecular complexity index is 479. The van der Waals surface area contributed by atoms with Crippen LogP contribution in [0.15, 0.2) is 0 Å². The third-order valence-corrected chi connectivity index (χ3v) is 6.17. The third-order valence-electron chi connectivity index (χ3n) is 4.17. The van der Waals surface area contributed by atoms with Crippen molar-refractivity contribution < 1.29 is 26.7 Å². The summed E-state index contributed by atoms with van der Waals surface area (Å²) in [6.07, 6.45) is -2.84. The number of rotatable bonds is 3. The molecule has 124 valence electrons. The van der Waals surface area contributed by atoms with E-state index in [0.29, 0.717) is 32.4 Å². The van der Waals surface area contributed by atoms with Crippen LogP contribution >= 0.6 is 0 Å². The van der Waals surface area contributed by atoms with Gasteiger partial charge < -0.3 is 5.11 Å². The molecule has 0 amide bonds. The molecule has 0 bridgehead atoms. The molecule has 2 aliphatic rings. The van der Waals surface area contributed by atoms with E-state index in [1.54, 1.807) is 0 Å². The quantitative estimate of drug-likeness (QED) is 0.831. The second kappa shape index (κ2) is 5.68. The molecule has 2 atom stereocenters. The number of piperidine rings is 1. The smallest absolute Gasteiger partial charge is 0.380 e. The van der Waals surface area contributed by atoms with Crippen molar-refractivity contribution in [1.29, 1.82) is 0 Å². The zero-order valence-electron chi connectivity index (χ0n) is 11.9. The Morgan fingerprint density at radius 1 is 1.24 bits per heavy atom. The molecule has 2 rings (SSSR count). The van der Waals surface area contributed by atoms with Crippen LogP contribution in [0.4, 0.5) is 13.2 Å². The Hall–Kier alpha value is -0.380. The summed E-state index contributed by atoms with van der Waals surface area (Å²) in [6.45, 7) is 1.35. The van der Waals surface area contributed by atoms with Crippen molar-refractivity contribution in [3.05, 3.63) is 0 Å². The first-order valence-corrected chi connectivity index (χ1v) is 8.65. The monoisotopic (exact) mass is 330 g/mol. The van der Waals surface area contributed by atoms with E-state index in [0.717, 1.165) is 6.92 Å². The highest BCUT2D eigenvalue weighted by molar-refractivity contribution is 7.89. The molecule has 2 fully saturated rings. The van der Waals surface area contributed by atoms with E-state index in [2.05, 4.69) is 0 Å². The fourth-order valence-electron chi connectivity index (χ4n) is 3.00. The maximum atomic E-state index is 12.7. The molecule has 0 aliphatic carbocycles. The van der Waals surface area contributed by atoms with Crippen LogP contribution in [0, 0.1) is 0 Å². The third kappa shape index (κ3) is 3.69. The predicted molar refractivity (Wildman–Crippen MR) is 71.3 cm³/mol. The molecule has 0 aromatic rings. The maximum absolute atomic E-state index is 12.7. The summed E-state index contributed by atoms with van der Waals surface area (Å²) in [7, 11) is -3.26. The zero-order valence-corrected chi connectivity index (χ0v) is 12.8. The van der Waals surface area contributed by atoms with Crippen LogP contribution in [0.3, 0.4) is 0 Å². The van der Waals surface area contributed by atoms with Crippen molar-refractivity contribution in [2.24, 2.45) is 0 Å². The van der Waals surface area contributed by atoms with Crippen molar-refractivity contribution in [3.63, 3.8) is 0 Å². The molecule has 2 heterocycles. The first kappa shape index (κ1) is 17.0. The summed E-state index contributed by atoms with van der Waals surface area (Å²) in [6, 6.07) is -0.282. The predicted octanol–water partition coefficient (Wildman–Crippen LogP) is 0.800. The molecule has 0 spiro atoms. The molecule has 0 aromatic heterocycles. The Labute approximate surface area is 122 Å². The van der Waals surface area contributed by atoms with Crippen LogP contribution in [0.25, 0.3) is 0 Å². The molecule has 1 N–H and O–H groups in total. The summed E-state index contributed by atoms with van der Waals surface area (Å²) in [4.78, 5) is 1.51. The highest BCUT2D eigenvalue weighted by Crippen LogP contribution is 2.32. The average Bonchev–Trinajstić information content (AvgIpc) is 2.67. The Morgan fingerprint density at radius 2 is 1.90 bits per heavy atom. The van der Waals surface area contributed by atoms with Crippen LogP contribution < -0.4 is 0 Å². The molecule has 5 nitrogen and oxygen atoms in total. The maximum Gasteiger partial charge on any atom is 0.418 e. The van der Waals surface area contributed by atoms with Gasteiger partial charge in [0, 0.05) is 25.7 Å². The number of alkyl halides is 3. The highest BCUT2D eigenvalue weighted by Gasteiger charge is 2.51. The second-order valence-electron chi connectivity index (χ2n) is 6.08. The summed E-state index contributed by atoms with van der Waals surface area (Å²) < 4.78 is 63.4. The molecule has 0 aromatic carbocycles. The SMILES string of the molecule is C[C@](O)(CN1CCC[C@@H](N2CCCS2(=O)=O)C1)C(F)(F)F. The lowest BCUT2D eigenvalue weighted by atomic mass is 10.0. The van der Waals surface area contributed by atoms with Gasteiger partial charge in [0.1, 0.15) is 0 Å². The number of aliphatic hydroxyl groups is 1. The molecule has 2 aliphatic heterocycles. The summed E-state index contributed by atoms with van der Waals surface area (Å²) in [5.41, 5.74) is -2.78. The Balaban J connectivity index is 2.02. The van der Waals surface area contributed by atoms with Gasteiger partial charge in [-0.2, -0.15) is 17.5 Å². The van der Waals surface area contributed by atoms with Crippen LogP contribution in [0.1, 0.15) is 26.2 Å². The lowest BCUT2D eigenvalue weighted by molar-refractivity contribution is -0.258. The van der Waals surface area contributed by atoms with E-state index in [-0.39, 0.29) is 18.3 Å². The number of halogens is 3. The van der Waals surface area contributed by atoms with Crippen molar-refractivity contribution in [2.45, 2.75) is 44.0 Å². The van der Waals surface area contributed by atoms with Crippen LogP contribution in [0.5, 0.6) is 0 Å². The van der Waals surface area contributed by atoms with Gasteiger partial charge >= 0.3 is 6.18 Å². The van der Waals surface area contributed by atoms with Gasteiger partial charge in [-0.1, -0.05) is 0 Å². The first-order valence-electron chi connectivity index (χ1n) is 7.04. The van der Waals surface area contributed by atoms with Gasteiger partial charge in [-0.05, 0) is 32.7 Å². The van der Waals surface area contributed by atoms with Crippen LogP contribution in [-0.2, 0) is 10.0 Å². The minimum Gasteiger partial charge on any atom is -0.380 e. The highest BCUT2D eigenvalue weighted by atomic mass is 32.2. The minimum atomic E-state index is -4.69. The normalized spacial score (nSPS) is 31.2. The summed E-state index contributed by atoms with van der Waals surface area (Å²) in [5.74, 6) is 0.115. The molecule has 0 radical (unpaired) electrons. The topological polar surface area (TPSA) is 60.9 Å². The van der Waals surface area contributed by atoms with E-state index in [1.807, 2.05) is 0 Å². The number of sulfonamides is 1. The van der Waals surface area contributed by atoms with E-state index >= 15 is 0 Å². The largest absolute Gasteiger partial charge is 0.418 e. The average molecular weight is 330 g/mol. The van der Waals surface area contributed by atoms with Gasteiger partial charge in [-0.3, -0.25) is 4.90 Å². The fraction of sp³-hybridized carbons (Fsp3) is 1.00. The van der Waals surface area contributed by atoms with Crippen molar-refractivity contribution >= 4 is 10.0 Å². The lowest BCUT2D eigenvalue weighted by Crippen LogP contribution is -2.56. The second-order valence-corrected chi connectivity index (χ2v) is 8.12. The van der Waals surface area contributed by atoms with Crippen molar-refractivity contribution in [3.8, 4) is 0 Å². The molecular weight excluding hydrogens is 309 g/mol. The molecular formula is C12H21F3N2O3S. The Kier molecular flexibility index (Phi) is 4.59. The van der Waals surface area contributed by atoms with Gasteiger partial charge in [-0.15, -0.1) is 0 Å². The van der Waals surface area contributed by atoms with Crippen molar-refractivity contribution in [2.75, 3.05) is 31.9 Å². The van der Waals surface area contributed by atoms with Gasteiger partial charge in [0.2, 0.25) is 10.0 Å². The molecule has 9 heteroatoms. The van der Waals surface area contributed by atoms with Gasteiger partial charge in [0.05, 0.1) is 5.75 Å². The number of hydrogen-bond donors (Lipinski definition) is 1. The van der Waals surface area contributed by atoms with Gasteiger partial charge in [0.25, 0.3) is 0 Å². The van der Waals surface area contributed by atoms with Crippen molar-refractivity contribution in [1.82, 2.24) is 9.21 Å². The van der Waals surface area contributed by atoms with Crippen LogP contribution in [-0.4, -0.2) is 72.5 Å². The van der Waals surface area contributed by atoms with E-state index in [4.69, 9.17) is 0 Å². The number of hydrogen-bond acceptors (Lipinski definition) is 4. The number of β-amino-alcohol motifs (C(OH)–C–C–N with tert-alkyl or cyclic N) is 1.